The number of benzene rings is 2. The minimum absolute atomic E-state index is 0.0573. The lowest BCUT2D eigenvalue weighted by Gasteiger charge is -2.29. The predicted octanol–water partition coefficient (Wildman–Crippen LogP) is 4.40. The van der Waals surface area contributed by atoms with E-state index in [1.54, 1.807) is 4.90 Å². The fraction of sp³-hybridized carbons (Fsp3) is 0.464. The van der Waals surface area contributed by atoms with Crippen LogP contribution >= 0.6 is 0 Å². The fourth-order valence-electron chi connectivity index (χ4n) is 6.25. The molecule has 5 rings (SSSR count). The summed E-state index contributed by atoms with van der Waals surface area (Å²) in [5, 5.41) is 12.4. The Kier molecular flexibility index (Phi) is 6.26. The normalized spacial score (nSPS) is 23.2. The third-order valence-electron chi connectivity index (χ3n) is 7.75. The fourth-order valence-corrected chi connectivity index (χ4v) is 6.25. The molecule has 2 bridgehead atoms. The summed E-state index contributed by atoms with van der Waals surface area (Å²) >= 11 is 0. The van der Waals surface area contributed by atoms with E-state index in [-0.39, 0.29) is 36.4 Å². The SMILES string of the molecule is CC(C)C[C@H](NC(=O)OCC1c2ccccc2-c2ccccc21)C(=O)N1[C@@H]2CC[C@H]1[C@@H](C(=O)O)C2. The van der Waals surface area contributed by atoms with Crippen molar-refractivity contribution in [3.05, 3.63) is 59.7 Å². The van der Waals surface area contributed by atoms with Gasteiger partial charge in [-0.2, -0.15) is 0 Å². The Morgan fingerprint density at radius 1 is 1.03 bits per heavy atom. The van der Waals surface area contributed by atoms with Crippen molar-refractivity contribution < 1.29 is 24.2 Å². The van der Waals surface area contributed by atoms with Crippen LogP contribution in [-0.4, -0.2) is 52.7 Å². The molecule has 2 heterocycles. The van der Waals surface area contributed by atoms with Gasteiger partial charge in [-0.15, -0.1) is 0 Å². The van der Waals surface area contributed by atoms with E-state index in [2.05, 4.69) is 29.6 Å². The van der Waals surface area contributed by atoms with Gasteiger partial charge in [-0.25, -0.2) is 4.79 Å². The summed E-state index contributed by atoms with van der Waals surface area (Å²) in [5.41, 5.74) is 4.57. The van der Waals surface area contributed by atoms with Crippen molar-refractivity contribution in [2.75, 3.05) is 6.61 Å². The number of carbonyl (C=O) groups is 3. The number of aliphatic carboxylic acids is 1. The smallest absolute Gasteiger partial charge is 0.407 e. The molecule has 0 radical (unpaired) electrons. The van der Waals surface area contributed by atoms with Crippen LogP contribution in [0.1, 0.15) is 56.6 Å². The van der Waals surface area contributed by atoms with Crippen LogP contribution in [0.5, 0.6) is 0 Å². The maximum absolute atomic E-state index is 13.5. The molecule has 0 unspecified atom stereocenters. The van der Waals surface area contributed by atoms with Crippen molar-refractivity contribution in [2.45, 2.75) is 63.6 Å². The van der Waals surface area contributed by atoms with E-state index >= 15 is 0 Å². The number of hydrogen-bond acceptors (Lipinski definition) is 4. The highest BCUT2D eigenvalue weighted by Gasteiger charge is 2.52. The predicted molar refractivity (Wildman–Crippen MR) is 131 cm³/mol. The molecule has 0 saturated carbocycles. The van der Waals surface area contributed by atoms with Gasteiger partial charge in [0.25, 0.3) is 0 Å². The van der Waals surface area contributed by atoms with Crippen molar-refractivity contribution in [1.82, 2.24) is 10.2 Å². The van der Waals surface area contributed by atoms with E-state index in [1.165, 1.54) is 0 Å². The topological polar surface area (TPSA) is 95.9 Å². The number of amides is 2. The van der Waals surface area contributed by atoms with Crippen LogP contribution in [0.25, 0.3) is 11.1 Å². The van der Waals surface area contributed by atoms with E-state index in [0.29, 0.717) is 19.3 Å². The van der Waals surface area contributed by atoms with Gasteiger partial charge in [-0.3, -0.25) is 9.59 Å². The van der Waals surface area contributed by atoms with Gasteiger partial charge in [-0.1, -0.05) is 62.4 Å². The Balaban J connectivity index is 1.27. The molecule has 2 aliphatic heterocycles. The zero-order valence-electron chi connectivity index (χ0n) is 20.1. The highest BCUT2D eigenvalue weighted by molar-refractivity contribution is 5.88. The molecule has 2 aromatic rings. The molecular formula is C28H32N2O5. The Bertz CT molecular complexity index is 1100. The van der Waals surface area contributed by atoms with Gasteiger partial charge in [0.05, 0.1) is 5.92 Å². The summed E-state index contributed by atoms with van der Waals surface area (Å²) < 4.78 is 5.68. The van der Waals surface area contributed by atoms with Crippen LogP contribution in [0.3, 0.4) is 0 Å². The molecule has 0 aromatic heterocycles. The van der Waals surface area contributed by atoms with Crippen LogP contribution in [0.4, 0.5) is 4.79 Å². The maximum Gasteiger partial charge on any atom is 0.407 e. The third kappa shape index (κ3) is 4.28. The minimum Gasteiger partial charge on any atom is -0.481 e. The molecular weight excluding hydrogens is 444 g/mol. The van der Waals surface area contributed by atoms with Crippen molar-refractivity contribution in [2.24, 2.45) is 11.8 Å². The van der Waals surface area contributed by atoms with Crippen LogP contribution in [0.2, 0.25) is 0 Å². The number of nitrogens with zero attached hydrogens (tertiary/aromatic N) is 1. The number of fused-ring (bicyclic) bond motifs is 5. The molecule has 2 amide bonds. The monoisotopic (exact) mass is 476 g/mol. The van der Waals surface area contributed by atoms with Crippen molar-refractivity contribution in [3.63, 3.8) is 0 Å². The Hall–Kier alpha value is -3.35. The summed E-state index contributed by atoms with van der Waals surface area (Å²) in [5.74, 6) is -1.44. The second-order valence-corrected chi connectivity index (χ2v) is 10.4. The number of rotatable bonds is 7. The minimum atomic E-state index is -0.847. The molecule has 7 nitrogen and oxygen atoms in total. The van der Waals surface area contributed by atoms with E-state index in [4.69, 9.17) is 4.74 Å². The number of alkyl carbamates (subject to hydrolysis) is 1. The van der Waals surface area contributed by atoms with Crippen LogP contribution < -0.4 is 5.32 Å². The first kappa shape index (κ1) is 23.4. The molecule has 1 aliphatic carbocycles. The Morgan fingerprint density at radius 2 is 1.66 bits per heavy atom. The van der Waals surface area contributed by atoms with E-state index < -0.39 is 24.0 Å². The maximum atomic E-state index is 13.5. The molecule has 2 aromatic carbocycles. The molecule has 0 spiro atoms. The zero-order valence-corrected chi connectivity index (χ0v) is 20.1. The van der Waals surface area contributed by atoms with Crippen molar-refractivity contribution in [3.8, 4) is 11.1 Å². The van der Waals surface area contributed by atoms with E-state index in [0.717, 1.165) is 28.7 Å². The summed E-state index contributed by atoms with van der Waals surface area (Å²) in [6.07, 6.45) is 1.86. The van der Waals surface area contributed by atoms with Crippen molar-refractivity contribution >= 4 is 18.0 Å². The molecule has 3 aliphatic rings. The van der Waals surface area contributed by atoms with Gasteiger partial charge >= 0.3 is 12.1 Å². The lowest BCUT2D eigenvalue weighted by atomic mass is 9.89. The number of nitrogens with one attached hydrogen (secondary N) is 1. The Labute approximate surface area is 205 Å². The van der Waals surface area contributed by atoms with Crippen LogP contribution in [0.15, 0.2) is 48.5 Å². The lowest BCUT2D eigenvalue weighted by Crippen LogP contribution is -2.51. The molecule has 2 fully saturated rings. The number of carboxylic acid groups (broad SMARTS) is 1. The highest BCUT2D eigenvalue weighted by atomic mass is 16.5. The molecule has 35 heavy (non-hydrogen) atoms. The third-order valence-corrected chi connectivity index (χ3v) is 7.75. The van der Waals surface area contributed by atoms with Gasteiger partial charge in [0.1, 0.15) is 12.6 Å². The first-order valence-electron chi connectivity index (χ1n) is 12.5. The van der Waals surface area contributed by atoms with E-state index in [9.17, 15) is 19.5 Å². The van der Waals surface area contributed by atoms with Gasteiger partial charge in [0.15, 0.2) is 0 Å². The van der Waals surface area contributed by atoms with Gasteiger partial charge < -0.3 is 20.1 Å². The zero-order chi connectivity index (χ0) is 24.7. The number of hydrogen-bond donors (Lipinski definition) is 2. The van der Waals surface area contributed by atoms with Gasteiger partial charge in [0, 0.05) is 18.0 Å². The number of carbonyl (C=O) groups excluding carboxylic acids is 2. The second kappa shape index (κ2) is 9.36. The first-order valence-corrected chi connectivity index (χ1v) is 12.5. The van der Waals surface area contributed by atoms with Gasteiger partial charge in [-0.05, 0) is 53.9 Å². The largest absolute Gasteiger partial charge is 0.481 e. The van der Waals surface area contributed by atoms with Crippen LogP contribution in [0, 0.1) is 11.8 Å². The summed E-state index contributed by atoms with van der Waals surface area (Å²) in [4.78, 5) is 39.8. The average Bonchev–Trinajstić information content (AvgIpc) is 3.51. The van der Waals surface area contributed by atoms with Gasteiger partial charge in [0.2, 0.25) is 5.91 Å². The standard InChI is InChI=1S/C28H32N2O5/c1-16(2)13-24(26(31)30-17-11-12-25(30)22(14-17)27(32)33)29-28(34)35-15-23-20-9-5-3-7-18(20)19-8-4-6-10-21(19)23/h3-10,16-17,22-25H,11-15H2,1-2H3,(H,29,34)(H,32,33)/t17-,22+,24+,25+/m1/s1. The molecule has 2 N–H and O–H groups in total. The highest BCUT2D eigenvalue weighted by Crippen LogP contribution is 2.45. The van der Waals surface area contributed by atoms with Crippen molar-refractivity contribution in [1.29, 1.82) is 0 Å². The summed E-state index contributed by atoms with van der Waals surface area (Å²) in [7, 11) is 0. The van der Waals surface area contributed by atoms with Crippen LogP contribution in [-0.2, 0) is 14.3 Å². The number of ether oxygens (including phenoxy) is 1. The Morgan fingerprint density at radius 3 is 2.23 bits per heavy atom. The first-order chi connectivity index (χ1) is 16.8. The summed E-state index contributed by atoms with van der Waals surface area (Å²) in [6.45, 7) is 4.18. The summed E-state index contributed by atoms with van der Waals surface area (Å²) in [6, 6.07) is 15.2. The molecule has 4 atom stereocenters. The quantitative estimate of drug-likeness (QED) is 0.617. The number of carboxylic acids is 1. The molecule has 184 valence electrons. The van der Waals surface area contributed by atoms with E-state index in [1.807, 2.05) is 38.1 Å². The molecule has 7 heteroatoms. The second-order valence-electron chi connectivity index (χ2n) is 10.4. The molecule has 2 saturated heterocycles. The lowest BCUT2D eigenvalue weighted by molar-refractivity contribution is -0.143. The average molecular weight is 477 g/mol.